The van der Waals surface area contributed by atoms with Gasteiger partial charge in [-0.15, -0.1) is 0 Å². The Balaban J connectivity index is 1.21. The van der Waals surface area contributed by atoms with Crippen LogP contribution in [0.4, 0.5) is 8.78 Å². The molecule has 1 unspecified atom stereocenters. The molecule has 0 aliphatic carbocycles. The van der Waals surface area contributed by atoms with E-state index in [4.69, 9.17) is 0 Å². The fraction of sp³-hybridized carbons (Fsp3) is 0.480. The van der Waals surface area contributed by atoms with E-state index in [0.717, 1.165) is 75.6 Å². The first-order valence-electron chi connectivity index (χ1n) is 11.4. The fourth-order valence-corrected chi connectivity index (χ4v) is 5.33. The van der Waals surface area contributed by atoms with E-state index in [2.05, 4.69) is 22.3 Å². The summed E-state index contributed by atoms with van der Waals surface area (Å²) in [6, 6.07) is 10.5. The van der Waals surface area contributed by atoms with Gasteiger partial charge in [0.15, 0.2) is 0 Å². The van der Waals surface area contributed by atoms with Gasteiger partial charge in [-0.2, -0.15) is 0 Å². The molecule has 5 rings (SSSR count). The summed E-state index contributed by atoms with van der Waals surface area (Å²) in [7, 11) is 0. The minimum absolute atomic E-state index is 0.173. The maximum Gasteiger partial charge on any atom is 0.254 e. The number of nitrogens with zero attached hydrogens (tertiary/aromatic N) is 2. The molecule has 3 aliphatic rings. The average molecular weight is 426 g/mol. The van der Waals surface area contributed by atoms with Crippen molar-refractivity contribution in [2.45, 2.75) is 50.7 Å². The average Bonchev–Trinajstić information content (AvgIpc) is 3.13. The van der Waals surface area contributed by atoms with Gasteiger partial charge in [-0.3, -0.25) is 9.69 Å². The van der Waals surface area contributed by atoms with Crippen LogP contribution in [0.5, 0.6) is 0 Å². The molecule has 2 aromatic carbocycles. The van der Waals surface area contributed by atoms with Crippen molar-refractivity contribution in [3.05, 3.63) is 70.3 Å². The van der Waals surface area contributed by atoms with Crippen molar-refractivity contribution < 1.29 is 13.6 Å². The Bertz CT molecular complexity index is 965. The minimum atomic E-state index is -0.534. The molecule has 6 heteroatoms. The van der Waals surface area contributed by atoms with Crippen LogP contribution in [0.2, 0.25) is 0 Å². The van der Waals surface area contributed by atoms with Crippen LogP contribution >= 0.6 is 0 Å². The Morgan fingerprint density at radius 2 is 1.87 bits per heavy atom. The van der Waals surface area contributed by atoms with Crippen molar-refractivity contribution in [2.75, 3.05) is 26.2 Å². The first kappa shape index (κ1) is 20.6. The Morgan fingerprint density at radius 3 is 2.61 bits per heavy atom. The van der Waals surface area contributed by atoms with E-state index in [-0.39, 0.29) is 5.91 Å². The topological polar surface area (TPSA) is 35.6 Å². The molecule has 0 saturated carbocycles. The lowest BCUT2D eigenvalue weighted by Crippen LogP contribution is -2.46. The SMILES string of the molecule is O=C1c2ccc(C3CCN(Cc4ccc(F)cc4F)CC3)cc2CN1C1CCCNC1. The molecule has 31 heavy (non-hydrogen) atoms. The summed E-state index contributed by atoms with van der Waals surface area (Å²) in [6.45, 7) is 4.94. The highest BCUT2D eigenvalue weighted by atomic mass is 19.1. The van der Waals surface area contributed by atoms with Crippen LogP contribution < -0.4 is 5.32 Å². The van der Waals surface area contributed by atoms with E-state index >= 15 is 0 Å². The zero-order valence-electron chi connectivity index (χ0n) is 17.7. The van der Waals surface area contributed by atoms with Crippen LogP contribution in [0.15, 0.2) is 36.4 Å². The predicted octanol–water partition coefficient (Wildman–Crippen LogP) is 4.05. The molecular weight excluding hydrogens is 396 g/mol. The number of fused-ring (bicyclic) bond motifs is 1. The van der Waals surface area contributed by atoms with Gasteiger partial charge in [-0.1, -0.05) is 18.2 Å². The number of carbonyl (C=O) groups excluding carboxylic acids is 1. The summed E-state index contributed by atoms with van der Waals surface area (Å²) in [5.41, 5.74) is 3.87. The third-order valence-corrected chi connectivity index (χ3v) is 7.14. The molecule has 0 spiro atoms. The third-order valence-electron chi connectivity index (χ3n) is 7.14. The molecule has 1 N–H and O–H groups in total. The Labute approximate surface area is 182 Å². The zero-order valence-corrected chi connectivity index (χ0v) is 17.7. The Kier molecular flexibility index (Phi) is 5.76. The number of likely N-dealkylation sites (tertiary alicyclic amines) is 1. The number of rotatable bonds is 4. The van der Waals surface area contributed by atoms with E-state index in [0.29, 0.717) is 24.1 Å². The smallest absolute Gasteiger partial charge is 0.254 e. The minimum Gasteiger partial charge on any atom is -0.330 e. The molecule has 2 aromatic rings. The zero-order chi connectivity index (χ0) is 21.4. The summed E-state index contributed by atoms with van der Waals surface area (Å²) in [5, 5.41) is 3.41. The van der Waals surface area contributed by atoms with Gasteiger partial charge >= 0.3 is 0 Å². The number of piperidine rings is 2. The number of amides is 1. The third kappa shape index (κ3) is 4.23. The highest BCUT2D eigenvalue weighted by molar-refractivity contribution is 5.98. The number of nitrogens with one attached hydrogen (secondary N) is 1. The molecule has 3 heterocycles. The van der Waals surface area contributed by atoms with Crippen molar-refractivity contribution in [1.82, 2.24) is 15.1 Å². The predicted molar refractivity (Wildman–Crippen MR) is 116 cm³/mol. The molecule has 2 saturated heterocycles. The van der Waals surface area contributed by atoms with Gasteiger partial charge in [0.05, 0.1) is 0 Å². The lowest BCUT2D eigenvalue weighted by atomic mass is 9.87. The molecule has 164 valence electrons. The van der Waals surface area contributed by atoms with E-state index in [1.165, 1.54) is 11.6 Å². The van der Waals surface area contributed by atoms with E-state index in [9.17, 15) is 13.6 Å². The van der Waals surface area contributed by atoms with E-state index in [1.54, 1.807) is 6.07 Å². The van der Waals surface area contributed by atoms with Gasteiger partial charge in [-0.05, 0) is 74.5 Å². The van der Waals surface area contributed by atoms with Crippen molar-refractivity contribution in [3.63, 3.8) is 0 Å². The summed E-state index contributed by atoms with van der Waals surface area (Å²) < 4.78 is 27.1. The molecule has 1 amide bonds. The number of benzene rings is 2. The first-order chi connectivity index (χ1) is 15.1. The fourth-order valence-electron chi connectivity index (χ4n) is 5.33. The van der Waals surface area contributed by atoms with Gasteiger partial charge in [-0.25, -0.2) is 8.78 Å². The Morgan fingerprint density at radius 1 is 1.03 bits per heavy atom. The number of carbonyl (C=O) groups is 1. The monoisotopic (exact) mass is 425 g/mol. The molecular formula is C25H29F2N3O. The van der Waals surface area contributed by atoms with Gasteiger partial charge in [0.25, 0.3) is 5.91 Å². The summed E-state index contributed by atoms with van der Waals surface area (Å²) in [6.07, 6.45) is 4.21. The maximum absolute atomic E-state index is 14.0. The normalized spacial score (nSPS) is 22.7. The van der Waals surface area contributed by atoms with Crippen LogP contribution in [-0.4, -0.2) is 47.9 Å². The molecule has 0 radical (unpaired) electrons. The summed E-state index contributed by atoms with van der Waals surface area (Å²) in [5.74, 6) is -0.372. The highest BCUT2D eigenvalue weighted by Gasteiger charge is 2.34. The van der Waals surface area contributed by atoms with Crippen molar-refractivity contribution >= 4 is 5.91 Å². The lowest BCUT2D eigenvalue weighted by molar-refractivity contribution is 0.0674. The van der Waals surface area contributed by atoms with Gasteiger partial charge in [0.2, 0.25) is 0 Å². The quantitative estimate of drug-likeness (QED) is 0.803. The van der Waals surface area contributed by atoms with Crippen molar-refractivity contribution in [1.29, 1.82) is 0 Å². The number of hydrogen-bond acceptors (Lipinski definition) is 3. The summed E-state index contributed by atoms with van der Waals surface area (Å²) >= 11 is 0. The molecule has 2 fully saturated rings. The summed E-state index contributed by atoms with van der Waals surface area (Å²) in [4.78, 5) is 17.2. The van der Waals surface area contributed by atoms with Crippen LogP contribution in [0.3, 0.4) is 0 Å². The second-order valence-electron chi connectivity index (χ2n) is 9.14. The van der Waals surface area contributed by atoms with E-state index in [1.807, 2.05) is 11.0 Å². The van der Waals surface area contributed by atoms with Crippen LogP contribution in [-0.2, 0) is 13.1 Å². The second-order valence-corrected chi connectivity index (χ2v) is 9.14. The largest absolute Gasteiger partial charge is 0.330 e. The molecule has 4 nitrogen and oxygen atoms in total. The first-order valence-corrected chi connectivity index (χ1v) is 11.4. The number of hydrogen-bond donors (Lipinski definition) is 1. The van der Waals surface area contributed by atoms with Gasteiger partial charge < -0.3 is 10.2 Å². The molecule has 0 bridgehead atoms. The van der Waals surface area contributed by atoms with Crippen LogP contribution in [0, 0.1) is 11.6 Å². The van der Waals surface area contributed by atoms with Gasteiger partial charge in [0.1, 0.15) is 11.6 Å². The second kappa shape index (κ2) is 8.67. The molecule has 1 atom stereocenters. The Hall–Kier alpha value is -2.31. The maximum atomic E-state index is 14.0. The van der Waals surface area contributed by atoms with Crippen LogP contribution in [0.25, 0.3) is 0 Å². The highest BCUT2D eigenvalue weighted by Crippen LogP contribution is 2.33. The number of halogens is 2. The molecule has 3 aliphatic heterocycles. The van der Waals surface area contributed by atoms with E-state index < -0.39 is 11.6 Å². The lowest BCUT2D eigenvalue weighted by Gasteiger charge is -2.32. The van der Waals surface area contributed by atoms with Crippen molar-refractivity contribution in [2.24, 2.45) is 0 Å². The standard InChI is InChI=1S/C25H29F2N3O/c26-21-5-3-19(24(27)13-21)15-29-10-7-17(8-11-29)18-4-6-23-20(12-18)16-30(25(23)31)22-2-1-9-28-14-22/h3-6,12-13,17,22,28H,1-2,7-11,14-16H2. The molecule has 0 aromatic heterocycles. The van der Waals surface area contributed by atoms with Gasteiger partial charge in [0, 0.05) is 42.9 Å². The van der Waals surface area contributed by atoms with Crippen LogP contribution in [0.1, 0.15) is 58.6 Å². The van der Waals surface area contributed by atoms with Crippen molar-refractivity contribution in [3.8, 4) is 0 Å².